The van der Waals surface area contributed by atoms with E-state index in [1.165, 1.54) is 0 Å². The zero-order valence-corrected chi connectivity index (χ0v) is 14.0. The molecule has 2 aromatic rings. The fourth-order valence-corrected chi connectivity index (χ4v) is 3.14. The van der Waals surface area contributed by atoms with Gasteiger partial charge in [0.2, 0.25) is 5.91 Å². The summed E-state index contributed by atoms with van der Waals surface area (Å²) in [7, 11) is 1.62. The van der Waals surface area contributed by atoms with Crippen LogP contribution < -0.4 is 15.4 Å². The number of rotatable bonds is 5. The highest BCUT2D eigenvalue weighted by Gasteiger charge is 2.31. The van der Waals surface area contributed by atoms with Gasteiger partial charge in [0.1, 0.15) is 17.3 Å². The Bertz CT molecular complexity index is 808. The molecule has 0 saturated heterocycles. The number of imidazole rings is 1. The van der Waals surface area contributed by atoms with Crippen LogP contribution in [-0.4, -0.2) is 41.1 Å². The normalized spacial score (nSPS) is 19.1. The molecule has 1 unspecified atom stereocenters. The average molecular weight is 340 g/mol. The lowest BCUT2D eigenvalue weighted by atomic mass is 10.1. The monoisotopic (exact) mass is 340 g/mol. The van der Waals surface area contributed by atoms with Crippen molar-refractivity contribution in [1.82, 2.24) is 20.2 Å². The third-order valence-corrected chi connectivity index (χ3v) is 4.60. The van der Waals surface area contributed by atoms with E-state index in [-0.39, 0.29) is 17.9 Å². The number of fused-ring (bicyclic) bond motifs is 1. The van der Waals surface area contributed by atoms with Gasteiger partial charge in [-0.1, -0.05) is 0 Å². The number of hydrogen-bond acceptors (Lipinski definition) is 4. The van der Waals surface area contributed by atoms with Crippen LogP contribution in [0.15, 0.2) is 30.5 Å². The number of ether oxygens (including phenoxy) is 1. The molecule has 0 bridgehead atoms. The summed E-state index contributed by atoms with van der Waals surface area (Å²) >= 11 is 0. The van der Waals surface area contributed by atoms with E-state index in [0.29, 0.717) is 30.5 Å². The summed E-state index contributed by atoms with van der Waals surface area (Å²) in [4.78, 5) is 28.8. The van der Waals surface area contributed by atoms with Crippen LogP contribution >= 0.6 is 0 Å². The molecule has 4 rings (SSSR count). The summed E-state index contributed by atoms with van der Waals surface area (Å²) in [6.45, 7) is 0.420. The van der Waals surface area contributed by atoms with E-state index >= 15 is 0 Å². The highest BCUT2D eigenvalue weighted by Crippen LogP contribution is 2.29. The topological polar surface area (TPSA) is 85.2 Å². The lowest BCUT2D eigenvalue weighted by Gasteiger charge is -2.27. The quantitative estimate of drug-likeness (QED) is 0.864. The van der Waals surface area contributed by atoms with Gasteiger partial charge in [0.05, 0.1) is 19.3 Å². The number of benzene rings is 1. The van der Waals surface area contributed by atoms with E-state index in [4.69, 9.17) is 4.74 Å². The minimum Gasteiger partial charge on any atom is -0.497 e. The number of carbonyl (C=O) groups is 2. The zero-order chi connectivity index (χ0) is 17.4. The number of hydrogen-bond donors (Lipinski definition) is 2. The molecule has 1 atom stereocenters. The first-order valence-corrected chi connectivity index (χ1v) is 8.45. The third kappa shape index (κ3) is 3.09. The molecule has 1 aliphatic heterocycles. The van der Waals surface area contributed by atoms with E-state index in [1.807, 2.05) is 28.8 Å². The molecular weight excluding hydrogens is 320 g/mol. The van der Waals surface area contributed by atoms with Gasteiger partial charge >= 0.3 is 0 Å². The zero-order valence-electron chi connectivity index (χ0n) is 14.0. The molecule has 0 spiro atoms. The lowest BCUT2D eigenvalue weighted by molar-refractivity contribution is -0.122. The van der Waals surface area contributed by atoms with Gasteiger partial charge in [-0.2, -0.15) is 0 Å². The number of nitrogens with zero attached hydrogens (tertiary/aromatic N) is 2. The fraction of sp³-hybridized carbons (Fsp3) is 0.389. The molecule has 1 aliphatic carbocycles. The van der Waals surface area contributed by atoms with Gasteiger partial charge in [-0.3, -0.25) is 9.59 Å². The highest BCUT2D eigenvalue weighted by molar-refractivity contribution is 5.94. The standard InChI is InChI=1S/C18H20N4O3/c1-25-14-6-2-11(3-7-14)17-19-10-15-18(24)20-9-13(22(15)17)8-16(23)21-12-4-5-12/h2-3,6-7,10,12-13H,4-5,8-9H2,1H3,(H,20,24)(H,21,23). The van der Waals surface area contributed by atoms with Crippen molar-refractivity contribution < 1.29 is 14.3 Å². The fourth-order valence-electron chi connectivity index (χ4n) is 3.14. The Balaban J connectivity index is 1.65. The van der Waals surface area contributed by atoms with E-state index in [0.717, 1.165) is 24.2 Å². The maximum Gasteiger partial charge on any atom is 0.269 e. The molecule has 1 saturated carbocycles. The van der Waals surface area contributed by atoms with Gasteiger partial charge in [0, 0.05) is 24.6 Å². The van der Waals surface area contributed by atoms with Crippen molar-refractivity contribution in [2.24, 2.45) is 0 Å². The van der Waals surface area contributed by atoms with Crippen molar-refractivity contribution in [1.29, 1.82) is 0 Å². The van der Waals surface area contributed by atoms with E-state index < -0.39 is 0 Å². The minimum absolute atomic E-state index is 0.0176. The second-order valence-electron chi connectivity index (χ2n) is 6.48. The first kappa shape index (κ1) is 15.7. The van der Waals surface area contributed by atoms with E-state index in [9.17, 15) is 9.59 Å². The molecule has 2 heterocycles. The number of amides is 2. The van der Waals surface area contributed by atoms with Crippen LogP contribution in [0.3, 0.4) is 0 Å². The minimum atomic E-state index is -0.161. The van der Waals surface area contributed by atoms with Crippen LogP contribution in [-0.2, 0) is 4.79 Å². The van der Waals surface area contributed by atoms with Crippen LogP contribution in [0, 0.1) is 0 Å². The first-order valence-electron chi connectivity index (χ1n) is 8.45. The first-order chi connectivity index (χ1) is 12.2. The Hall–Kier alpha value is -2.83. The average Bonchev–Trinajstić information content (AvgIpc) is 3.31. The second-order valence-corrected chi connectivity index (χ2v) is 6.48. The summed E-state index contributed by atoms with van der Waals surface area (Å²) in [6, 6.07) is 7.70. The SMILES string of the molecule is COc1ccc(-c2ncc3n2C(CC(=O)NC2CC2)CNC3=O)cc1. The van der Waals surface area contributed by atoms with Crippen LogP contribution in [0.4, 0.5) is 0 Å². The number of nitrogens with one attached hydrogen (secondary N) is 2. The molecule has 0 radical (unpaired) electrons. The van der Waals surface area contributed by atoms with Crippen molar-refractivity contribution >= 4 is 11.8 Å². The Morgan fingerprint density at radius 2 is 2.12 bits per heavy atom. The maximum atomic E-state index is 12.2. The molecule has 1 aromatic carbocycles. The summed E-state index contributed by atoms with van der Waals surface area (Å²) in [5, 5.41) is 5.85. The Morgan fingerprint density at radius 3 is 2.80 bits per heavy atom. The lowest BCUT2D eigenvalue weighted by Crippen LogP contribution is -2.41. The van der Waals surface area contributed by atoms with Crippen molar-refractivity contribution in [3.05, 3.63) is 36.2 Å². The Morgan fingerprint density at radius 1 is 1.36 bits per heavy atom. The molecule has 1 aromatic heterocycles. The predicted octanol–water partition coefficient (Wildman–Crippen LogP) is 1.51. The smallest absolute Gasteiger partial charge is 0.269 e. The highest BCUT2D eigenvalue weighted by atomic mass is 16.5. The van der Waals surface area contributed by atoms with Gasteiger partial charge in [-0.15, -0.1) is 0 Å². The summed E-state index contributed by atoms with van der Waals surface area (Å²) in [6.07, 6.45) is 4.00. The van der Waals surface area contributed by atoms with E-state index in [2.05, 4.69) is 15.6 Å². The van der Waals surface area contributed by atoms with Gasteiger partial charge in [-0.05, 0) is 37.1 Å². The predicted molar refractivity (Wildman–Crippen MR) is 91.4 cm³/mol. The molecule has 2 aliphatic rings. The Labute approximate surface area is 145 Å². The van der Waals surface area contributed by atoms with Gasteiger partial charge in [-0.25, -0.2) is 4.98 Å². The molecule has 7 heteroatoms. The molecule has 130 valence electrons. The van der Waals surface area contributed by atoms with Crippen LogP contribution in [0.1, 0.15) is 35.8 Å². The van der Waals surface area contributed by atoms with Crippen molar-refractivity contribution in [3.63, 3.8) is 0 Å². The number of carbonyl (C=O) groups excluding carboxylic acids is 2. The van der Waals surface area contributed by atoms with Crippen molar-refractivity contribution in [3.8, 4) is 17.1 Å². The molecule has 1 fully saturated rings. The summed E-state index contributed by atoms with van der Waals surface area (Å²) in [5.74, 6) is 1.30. The van der Waals surface area contributed by atoms with Crippen LogP contribution in [0.2, 0.25) is 0 Å². The number of methoxy groups -OCH3 is 1. The largest absolute Gasteiger partial charge is 0.497 e. The number of aromatic nitrogens is 2. The molecule has 2 amide bonds. The van der Waals surface area contributed by atoms with Gasteiger partial charge < -0.3 is 19.9 Å². The molecule has 7 nitrogen and oxygen atoms in total. The Kier molecular flexibility index (Phi) is 3.91. The van der Waals surface area contributed by atoms with E-state index in [1.54, 1.807) is 13.3 Å². The molecule has 25 heavy (non-hydrogen) atoms. The van der Waals surface area contributed by atoms with Crippen LogP contribution in [0.5, 0.6) is 5.75 Å². The maximum absolute atomic E-state index is 12.2. The van der Waals surface area contributed by atoms with Gasteiger partial charge in [0.15, 0.2) is 0 Å². The summed E-state index contributed by atoms with van der Waals surface area (Å²) in [5.41, 5.74) is 1.37. The van der Waals surface area contributed by atoms with Crippen molar-refractivity contribution in [2.75, 3.05) is 13.7 Å². The summed E-state index contributed by atoms with van der Waals surface area (Å²) < 4.78 is 7.07. The van der Waals surface area contributed by atoms with Crippen LogP contribution in [0.25, 0.3) is 11.4 Å². The van der Waals surface area contributed by atoms with Gasteiger partial charge in [0.25, 0.3) is 5.91 Å². The molecule has 2 N–H and O–H groups in total. The molecular formula is C18H20N4O3. The second kappa shape index (κ2) is 6.23. The third-order valence-electron chi connectivity index (χ3n) is 4.60. The van der Waals surface area contributed by atoms with Crippen molar-refractivity contribution in [2.45, 2.75) is 31.3 Å².